The number of esters is 1. The van der Waals surface area contributed by atoms with Gasteiger partial charge in [0.05, 0.1) is 12.7 Å². The van der Waals surface area contributed by atoms with Gasteiger partial charge in [-0.25, -0.2) is 0 Å². The molecule has 0 N–H and O–H groups in total. The van der Waals surface area contributed by atoms with Crippen LogP contribution in [0.3, 0.4) is 0 Å². The van der Waals surface area contributed by atoms with Gasteiger partial charge in [-0.2, -0.15) is 5.26 Å². The van der Waals surface area contributed by atoms with E-state index in [9.17, 15) is 14.9 Å². The zero-order valence-corrected chi connectivity index (χ0v) is 13.5. The van der Waals surface area contributed by atoms with E-state index in [-0.39, 0.29) is 18.8 Å². The summed E-state index contributed by atoms with van der Waals surface area (Å²) in [4.78, 5) is 24.7. The number of nitrogens with zero attached hydrogens (tertiary/aromatic N) is 1. The van der Waals surface area contributed by atoms with E-state index in [2.05, 4.69) is 0 Å². The highest BCUT2D eigenvalue weighted by Gasteiger charge is 2.32. The molecule has 0 bridgehead atoms. The summed E-state index contributed by atoms with van der Waals surface area (Å²) in [5, 5.41) is 9.48. The number of rotatable bonds is 7. The molecule has 0 radical (unpaired) electrons. The van der Waals surface area contributed by atoms with Crippen LogP contribution in [0.1, 0.15) is 35.2 Å². The average molecular weight is 321 g/mol. The quantitative estimate of drug-likeness (QED) is 0.575. The van der Waals surface area contributed by atoms with Gasteiger partial charge in [0, 0.05) is 17.9 Å². The van der Waals surface area contributed by atoms with Crippen LogP contribution in [0.15, 0.2) is 60.7 Å². The van der Waals surface area contributed by atoms with E-state index < -0.39 is 17.8 Å². The molecule has 0 aliphatic carbocycles. The van der Waals surface area contributed by atoms with E-state index in [0.29, 0.717) is 5.56 Å². The number of ketones is 1. The molecular formula is C20H19NO3. The van der Waals surface area contributed by atoms with Crippen molar-refractivity contribution in [2.75, 3.05) is 6.61 Å². The van der Waals surface area contributed by atoms with E-state index in [1.165, 1.54) is 0 Å². The zero-order valence-electron chi connectivity index (χ0n) is 13.5. The molecule has 0 aromatic heterocycles. The Kier molecular flexibility index (Phi) is 6.27. The largest absolute Gasteiger partial charge is 0.465 e. The van der Waals surface area contributed by atoms with Gasteiger partial charge < -0.3 is 4.74 Å². The van der Waals surface area contributed by atoms with Crippen molar-refractivity contribution in [3.05, 3.63) is 71.8 Å². The van der Waals surface area contributed by atoms with Gasteiger partial charge in [0.25, 0.3) is 0 Å². The molecule has 0 saturated heterocycles. The van der Waals surface area contributed by atoms with E-state index >= 15 is 0 Å². The van der Waals surface area contributed by atoms with Gasteiger partial charge in [0.15, 0.2) is 11.7 Å². The molecule has 4 nitrogen and oxygen atoms in total. The molecule has 2 unspecified atom stereocenters. The van der Waals surface area contributed by atoms with Crippen molar-refractivity contribution < 1.29 is 14.3 Å². The summed E-state index contributed by atoms with van der Waals surface area (Å²) < 4.78 is 5.01. The fourth-order valence-corrected chi connectivity index (χ4v) is 2.61. The van der Waals surface area contributed by atoms with Crippen LogP contribution in [0, 0.1) is 17.2 Å². The lowest BCUT2D eigenvalue weighted by Gasteiger charge is -2.20. The Morgan fingerprint density at radius 3 is 2.17 bits per heavy atom. The number of nitriles is 1. The molecule has 0 saturated carbocycles. The van der Waals surface area contributed by atoms with E-state index in [0.717, 1.165) is 5.56 Å². The number of Topliss-reactive ketones (excluding diaryl/α,β-unsaturated/α-hetero) is 1. The number of carbonyl (C=O) groups is 2. The van der Waals surface area contributed by atoms with Gasteiger partial charge in [-0.1, -0.05) is 60.7 Å². The summed E-state index contributed by atoms with van der Waals surface area (Å²) in [5.41, 5.74) is 1.35. The first kappa shape index (κ1) is 17.4. The van der Waals surface area contributed by atoms with Gasteiger partial charge in [-0.3, -0.25) is 9.59 Å². The lowest BCUT2D eigenvalue weighted by Crippen LogP contribution is -2.25. The van der Waals surface area contributed by atoms with Crippen LogP contribution in [0.2, 0.25) is 0 Å². The van der Waals surface area contributed by atoms with Crippen molar-refractivity contribution in [3.63, 3.8) is 0 Å². The monoisotopic (exact) mass is 321 g/mol. The molecule has 2 atom stereocenters. The van der Waals surface area contributed by atoms with Crippen molar-refractivity contribution in [2.45, 2.75) is 19.3 Å². The predicted molar refractivity (Wildman–Crippen MR) is 90.3 cm³/mol. The van der Waals surface area contributed by atoms with Gasteiger partial charge in [0.2, 0.25) is 0 Å². The average Bonchev–Trinajstić information content (AvgIpc) is 2.63. The Balaban J connectivity index is 2.31. The molecule has 122 valence electrons. The maximum atomic E-state index is 12.6. The third-order valence-electron chi connectivity index (χ3n) is 3.81. The maximum Gasteiger partial charge on any atom is 0.323 e. The fourth-order valence-electron chi connectivity index (χ4n) is 2.61. The molecule has 0 fully saturated rings. The topological polar surface area (TPSA) is 67.2 Å². The first-order valence-electron chi connectivity index (χ1n) is 7.86. The number of hydrogen-bond acceptors (Lipinski definition) is 4. The van der Waals surface area contributed by atoms with E-state index in [1.54, 1.807) is 31.2 Å². The molecular weight excluding hydrogens is 302 g/mol. The summed E-state index contributed by atoms with van der Waals surface area (Å²) in [6, 6.07) is 20.1. The molecule has 0 heterocycles. The summed E-state index contributed by atoms with van der Waals surface area (Å²) in [5.74, 6) is -2.24. The molecule has 0 aliphatic heterocycles. The van der Waals surface area contributed by atoms with Gasteiger partial charge >= 0.3 is 5.97 Å². The highest BCUT2D eigenvalue weighted by atomic mass is 16.5. The Morgan fingerprint density at radius 2 is 1.62 bits per heavy atom. The summed E-state index contributed by atoms with van der Waals surface area (Å²) >= 11 is 0. The van der Waals surface area contributed by atoms with Crippen molar-refractivity contribution in [2.24, 2.45) is 5.92 Å². The van der Waals surface area contributed by atoms with Crippen molar-refractivity contribution in [1.29, 1.82) is 5.26 Å². The van der Waals surface area contributed by atoms with E-state index in [1.807, 2.05) is 42.5 Å². The van der Waals surface area contributed by atoms with Crippen LogP contribution >= 0.6 is 0 Å². The number of carbonyl (C=O) groups excluding carboxylic acids is 2. The molecule has 0 amide bonds. The second-order valence-corrected chi connectivity index (χ2v) is 5.37. The predicted octanol–water partition coefficient (Wildman–Crippen LogP) is 3.75. The Bertz CT molecular complexity index is 720. The number of ether oxygens (including phenoxy) is 1. The molecule has 0 spiro atoms. The minimum absolute atomic E-state index is 0.0745. The maximum absolute atomic E-state index is 12.6. The van der Waals surface area contributed by atoms with Crippen molar-refractivity contribution >= 4 is 11.8 Å². The molecule has 0 aliphatic rings. The SMILES string of the molecule is CCOC(=O)C(C#N)C(CC(=O)c1ccccc1)c1ccccc1. The first-order chi connectivity index (χ1) is 11.7. The van der Waals surface area contributed by atoms with Gasteiger partial charge in [0.1, 0.15) is 0 Å². The van der Waals surface area contributed by atoms with Crippen LogP contribution < -0.4 is 0 Å². The second-order valence-electron chi connectivity index (χ2n) is 5.37. The van der Waals surface area contributed by atoms with Crippen LogP contribution in [-0.2, 0) is 9.53 Å². The third-order valence-corrected chi connectivity index (χ3v) is 3.81. The lowest BCUT2D eigenvalue weighted by molar-refractivity contribution is -0.146. The standard InChI is InChI=1S/C20H19NO3/c1-2-24-20(23)18(14-21)17(15-9-5-3-6-10-15)13-19(22)16-11-7-4-8-12-16/h3-12,17-18H,2,13H2,1H3. The van der Waals surface area contributed by atoms with Crippen LogP contribution in [0.4, 0.5) is 0 Å². The van der Waals surface area contributed by atoms with Crippen LogP contribution in [0.25, 0.3) is 0 Å². The normalized spacial score (nSPS) is 12.7. The first-order valence-corrected chi connectivity index (χ1v) is 7.86. The van der Waals surface area contributed by atoms with Crippen LogP contribution in [0.5, 0.6) is 0 Å². The van der Waals surface area contributed by atoms with Gasteiger partial charge in [-0.05, 0) is 12.5 Å². The minimum Gasteiger partial charge on any atom is -0.465 e. The Morgan fingerprint density at radius 1 is 1.04 bits per heavy atom. The van der Waals surface area contributed by atoms with Crippen LogP contribution in [-0.4, -0.2) is 18.4 Å². The fraction of sp³-hybridized carbons (Fsp3) is 0.250. The summed E-state index contributed by atoms with van der Waals surface area (Å²) in [6.45, 7) is 1.89. The van der Waals surface area contributed by atoms with Crippen molar-refractivity contribution in [1.82, 2.24) is 0 Å². The van der Waals surface area contributed by atoms with Gasteiger partial charge in [-0.15, -0.1) is 0 Å². The summed E-state index contributed by atoms with van der Waals surface area (Å²) in [6.07, 6.45) is 0.0745. The Hall–Kier alpha value is -2.93. The Labute approximate surface area is 141 Å². The molecule has 4 heteroatoms. The molecule has 2 aromatic rings. The highest BCUT2D eigenvalue weighted by molar-refractivity contribution is 5.97. The lowest BCUT2D eigenvalue weighted by atomic mass is 9.82. The van der Waals surface area contributed by atoms with E-state index in [4.69, 9.17) is 4.74 Å². The van der Waals surface area contributed by atoms with Crippen molar-refractivity contribution in [3.8, 4) is 6.07 Å². The molecule has 2 rings (SSSR count). The minimum atomic E-state index is -1.01. The third kappa shape index (κ3) is 4.30. The molecule has 2 aromatic carbocycles. The second kappa shape index (κ2) is 8.64. The zero-order chi connectivity index (χ0) is 17.4. The summed E-state index contributed by atoms with van der Waals surface area (Å²) in [7, 11) is 0. The smallest absolute Gasteiger partial charge is 0.323 e. The highest BCUT2D eigenvalue weighted by Crippen LogP contribution is 2.30. The molecule has 24 heavy (non-hydrogen) atoms. The number of benzene rings is 2. The number of hydrogen-bond donors (Lipinski definition) is 0.